The van der Waals surface area contributed by atoms with Crippen LogP contribution in [0.5, 0.6) is 0 Å². The molecular weight excluding hydrogens is 258 g/mol. The van der Waals surface area contributed by atoms with Crippen molar-refractivity contribution in [1.82, 2.24) is 0 Å². The van der Waals surface area contributed by atoms with Crippen molar-refractivity contribution >= 4 is 22.6 Å². The van der Waals surface area contributed by atoms with E-state index in [0.29, 0.717) is 9.13 Å². The van der Waals surface area contributed by atoms with Gasteiger partial charge in [0.05, 0.1) is 6.61 Å². The van der Waals surface area contributed by atoms with E-state index >= 15 is 0 Å². The van der Waals surface area contributed by atoms with Crippen LogP contribution in [-0.4, -0.2) is 5.11 Å². The van der Waals surface area contributed by atoms with E-state index in [1.165, 1.54) is 0 Å². The Morgan fingerprint density at radius 3 is 2.64 bits per heavy atom. The van der Waals surface area contributed by atoms with Gasteiger partial charge in [-0.25, -0.2) is 4.39 Å². The van der Waals surface area contributed by atoms with Gasteiger partial charge in [0.15, 0.2) is 0 Å². The van der Waals surface area contributed by atoms with Crippen molar-refractivity contribution in [2.24, 2.45) is 0 Å². The van der Waals surface area contributed by atoms with Crippen LogP contribution in [0.25, 0.3) is 0 Å². The highest BCUT2D eigenvalue weighted by molar-refractivity contribution is 14.1. The minimum absolute atomic E-state index is 0.0306. The third-order valence-corrected chi connectivity index (χ3v) is 2.24. The second-order valence-corrected chi connectivity index (χ2v) is 3.53. The van der Waals surface area contributed by atoms with E-state index in [4.69, 9.17) is 5.11 Å². The predicted molar refractivity (Wildman–Crippen MR) is 49.8 cm³/mol. The molecule has 0 aliphatic rings. The summed E-state index contributed by atoms with van der Waals surface area (Å²) in [4.78, 5) is 0. The van der Waals surface area contributed by atoms with Crippen LogP contribution in [0, 0.1) is 16.3 Å². The maximum atomic E-state index is 13.0. The number of aliphatic hydroxyl groups is 1. The normalized spacial score (nSPS) is 10.2. The van der Waals surface area contributed by atoms with Crippen molar-refractivity contribution in [3.05, 3.63) is 32.6 Å². The number of aliphatic hydroxyl groups excluding tert-OH is 1. The Balaban J connectivity index is 3.21. The van der Waals surface area contributed by atoms with Gasteiger partial charge in [-0.3, -0.25) is 0 Å². The Labute approximate surface area is 78.4 Å². The number of hydrogen-bond acceptors (Lipinski definition) is 1. The van der Waals surface area contributed by atoms with Gasteiger partial charge in [-0.1, -0.05) is 6.07 Å². The van der Waals surface area contributed by atoms with Crippen LogP contribution in [0.3, 0.4) is 0 Å². The molecule has 0 radical (unpaired) electrons. The van der Waals surface area contributed by atoms with E-state index < -0.39 is 0 Å². The highest BCUT2D eigenvalue weighted by Crippen LogP contribution is 2.17. The van der Waals surface area contributed by atoms with Gasteiger partial charge in [0.1, 0.15) is 5.82 Å². The number of aryl methyl sites for hydroxylation is 1. The average Bonchev–Trinajstić information content (AvgIpc) is 1.99. The summed E-state index contributed by atoms with van der Waals surface area (Å²) < 4.78 is 13.5. The van der Waals surface area contributed by atoms with Gasteiger partial charge in [-0.05, 0) is 46.7 Å². The molecule has 0 aliphatic carbocycles. The second kappa shape index (κ2) is 3.49. The lowest BCUT2D eigenvalue weighted by atomic mass is 10.1. The molecule has 0 atom stereocenters. The van der Waals surface area contributed by atoms with E-state index in [1.54, 1.807) is 19.1 Å². The van der Waals surface area contributed by atoms with E-state index in [9.17, 15) is 4.39 Å². The standard InChI is InChI=1S/C8H8FIO/c1-5-2-6(4-11)3-7(10)8(5)9/h2-3,11H,4H2,1H3. The third kappa shape index (κ3) is 1.90. The smallest absolute Gasteiger partial charge is 0.139 e. The Morgan fingerprint density at radius 2 is 2.18 bits per heavy atom. The van der Waals surface area contributed by atoms with Crippen molar-refractivity contribution in [2.45, 2.75) is 13.5 Å². The summed E-state index contributed by atoms with van der Waals surface area (Å²) >= 11 is 1.91. The fourth-order valence-electron chi connectivity index (χ4n) is 0.889. The van der Waals surface area contributed by atoms with Crippen molar-refractivity contribution in [3.63, 3.8) is 0 Å². The topological polar surface area (TPSA) is 20.2 Å². The number of hydrogen-bond donors (Lipinski definition) is 1. The fraction of sp³-hybridized carbons (Fsp3) is 0.250. The minimum Gasteiger partial charge on any atom is -0.392 e. The molecule has 1 aromatic carbocycles. The van der Waals surface area contributed by atoms with Crippen LogP contribution in [0.1, 0.15) is 11.1 Å². The summed E-state index contributed by atoms with van der Waals surface area (Å²) in [5.74, 6) is -0.192. The minimum atomic E-state index is -0.192. The molecule has 0 fully saturated rings. The van der Waals surface area contributed by atoms with Crippen LogP contribution in [0.4, 0.5) is 4.39 Å². The lowest BCUT2D eigenvalue weighted by molar-refractivity contribution is 0.281. The van der Waals surface area contributed by atoms with Gasteiger partial charge in [-0.2, -0.15) is 0 Å². The zero-order valence-electron chi connectivity index (χ0n) is 6.06. The van der Waals surface area contributed by atoms with E-state index in [2.05, 4.69) is 0 Å². The van der Waals surface area contributed by atoms with Crippen molar-refractivity contribution in [1.29, 1.82) is 0 Å². The summed E-state index contributed by atoms with van der Waals surface area (Å²) in [6, 6.07) is 3.29. The number of halogens is 2. The molecule has 11 heavy (non-hydrogen) atoms. The molecule has 60 valence electrons. The lowest BCUT2D eigenvalue weighted by Gasteiger charge is -2.02. The van der Waals surface area contributed by atoms with E-state index in [0.717, 1.165) is 5.56 Å². The molecule has 0 saturated heterocycles. The Bertz CT molecular complexity index is 250. The molecular formula is C8H8FIO. The number of rotatable bonds is 1. The molecule has 1 nitrogen and oxygen atoms in total. The molecule has 1 aromatic rings. The van der Waals surface area contributed by atoms with Crippen molar-refractivity contribution in [3.8, 4) is 0 Å². The van der Waals surface area contributed by atoms with E-state index in [1.807, 2.05) is 22.6 Å². The molecule has 1 rings (SSSR count). The molecule has 3 heteroatoms. The molecule has 0 bridgehead atoms. The predicted octanol–water partition coefficient (Wildman–Crippen LogP) is 2.23. The molecule has 0 unspecified atom stereocenters. The quantitative estimate of drug-likeness (QED) is 0.773. The monoisotopic (exact) mass is 266 g/mol. The Kier molecular flexibility index (Phi) is 2.84. The largest absolute Gasteiger partial charge is 0.392 e. The van der Waals surface area contributed by atoms with Crippen LogP contribution < -0.4 is 0 Å². The molecule has 0 amide bonds. The second-order valence-electron chi connectivity index (χ2n) is 2.37. The maximum absolute atomic E-state index is 13.0. The lowest BCUT2D eigenvalue weighted by Crippen LogP contribution is -1.92. The molecule has 0 heterocycles. The summed E-state index contributed by atoms with van der Waals surface area (Å²) in [6.07, 6.45) is 0. The molecule has 0 aromatic heterocycles. The first-order valence-corrected chi connectivity index (χ1v) is 4.28. The van der Waals surface area contributed by atoms with Crippen molar-refractivity contribution < 1.29 is 9.50 Å². The highest BCUT2D eigenvalue weighted by atomic mass is 127. The highest BCUT2D eigenvalue weighted by Gasteiger charge is 2.03. The number of benzene rings is 1. The third-order valence-electron chi connectivity index (χ3n) is 1.45. The molecule has 0 saturated carbocycles. The Hall–Kier alpha value is -0.160. The van der Waals surface area contributed by atoms with Crippen LogP contribution >= 0.6 is 22.6 Å². The summed E-state index contributed by atoms with van der Waals surface area (Å²) in [5.41, 5.74) is 1.34. The van der Waals surface area contributed by atoms with Crippen LogP contribution in [0.15, 0.2) is 12.1 Å². The SMILES string of the molecule is Cc1cc(CO)cc(I)c1F. The fourth-order valence-corrected chi connectivity index (χ4v) is 1.71. The van der Waals surface area contributed by atoms with Gasteiger partial charge < -0.3 is 5.11 Å². The zero-order chi connectivity index (χ0) is 8.43. The first-order valence-electron chi connectivity index (χ1n) is 3.20. The zero-order valence-corrected chi connectivity index (χ0v) is 8.22. The van der Waals surface area contributed by atoms with Gasteiger partial charge in [0, 0.05) is 3.57 Å². The molecule has 0 spiro atoms. The molecule has 0 aliphatic heterocycles. The summed E-state index contributed by atoms with van der Waals surface area (Å²) in [5, 5.41) is 8.75. The first kappa shape index (κ1) is 8.93. The van der Waals surface area contributed by atoms with E-state index in [-0.39, 0.29) is 12.4 Å². The maximum Gasteiger partial charge on any atom is 0.139 e. The van der Waals surface area contributed by atoms with Crippen molar-refractivity contribution in [2.75, 3.05) is 0 Å². The van der Waals surface area contributed by atoms with Gasteiger partial charge in [0.2, 0.25) is 0 Å². The average molecular weight is 266 g/mol. The Morgan fingerprint density at radius 1 is 1.55 bits per heavy atom. The first-order chi connectivity index (χ1) is 5.15. The summed E-state index contributed by atoms with van der Waals surface area (Å²) in [7, 11) is 0. The van der Waals surface area contributed by atoms with Gasteiger partial charge in [0.25, 0.3) is 0 Å². The van der Waals surface area contributed by atoms with Gasteiger partial charge >= 0.3 is 0 Å². The summed E-state index contributed by atoms with van der Waals surface area (Å²) in [6.45, 7) is 1.66. The van der Waals surface area contributed by atoms with Crippen LogP contribution in [0.2, 0.25) is 0 Å². The molecule has 1 N–H and O–H groups in total. The van der Waals surface area contributed by atoms with Crippen LogP contribution in [-0.2, 0) is 6.61 Å². The van der Waals surface area contributed by atoms with Gasteiger partial charge in [-0.15, -0.1) is 0 Å².